The molecule has 1 heterocycles. The number of unbranched alkanes of at least 4 members (excludes halogenated alkanes) is 11. The van der Waals surface area contributed by atoms with Gasteiger partial charge in [0.25, 0.3) is 5.56 Å². The van der Waals surface area contributed by atoms with Crippen LogP contribution in [0.15, 0.2) is 29.1 Å². The number of hydrogen-bond acceptors (Lipinski definition) is 5. The molecule has 7 nitrogen and oxygen atoms in total. The zero-order valence-electron chi connectivity index (χ0n) is 24.3. The van der Waals surface area contributed by atoms with Crippen LogP contribution in [-0.2, 0) is 16.1 Å². The molecule has 1 aromatic heterocycles. The quantitative estimate of drug-likeness (QED) is 0.190. The van der Waals surface area contributed by atoms with E-state index in [0.717, 1.165) is 38.5 Å². The van der Waals surface area contributed by atoms with Gasteiger partial charge in [-0.05, 0) is 44.9 Å². The van der Waals surface area contributed by atoms with Crippen molar-refractivity contribution in [3.8, 4) is 0 Å². The average Bonchev–Trinajstić information content (AvgIpc) is 2.93. The number of ether oxygens (including phenoxy) is 1. The monoisotopic (exact) mass is 528 g/mol. The van der Waals surface area contributed by atoms with E-state index in [0.29, 0.717) is 49.4 Å². The highest BCUT2D eigenvalue weighted by Gasteiger charge is 2.25. The third kappa shape index (κ3) is 10.5. The van der Waals surface area contributed by atoms with Crippen molar-refractivity contribution in [3.63, 3.8) is 0 Å². The van der Waals surface area contributed by atoms with Gasteiger partial charge in [0.2, 0.25) is 5.91 Å². The summed E-state index contributed by atoms with van der Waals surface area (Å²) in [7, 11) is 1.63. The molecular formula is C31H52N4O3. The Hall–Kier alpha value is -2.25. The molecule has 0 spiro atoms. The van der Waals surface area contributed by atoms with Gasteiger partial charge in [0.15, 0.2) is 0 Å². The molecule has 0 aliphatic rings. The molecule has 0 unspecified atom stereocenters. The fourth-order valence-electron chi connectivity index (χ4n) is 5.09. The molecule has 0 bridgehead atoms. The van der Waals surface area contributed by atoms with E-state index in [9.17, 15) is 9.59 Å². The number of rotatable bonds is 21. The van der Waals surface area contributed by atoms with Crippen LogP contribution in [0.1, 0.15) is 116 Å². The van der Waals surface area contributed by atoms with E-state index < -0.39 is 0 Å². The lowest BCUT2D eigenvalue weighted by Crippen LogP contribution is -2.38. The molecule has 0 fully saturated rings. The maximum atomic E-state index is 13.5. The van der Waals surface area contributed by atoms with Crippen molar-refractivity contribution in [2.24, 2.45) is 5.73 Å². The summed E-state index contributed by atoms with van der Waals surface area (Å²) < 4.78 is 6.99. The lowest BCUT2D eigenvalue weighted by atomic mass is 10.1. The fourth-order valence-corrected chi connectivity index (χ4v) is 5.09. The Morgan fingerprint density at radius 2 is 1.61 bits per heavy atom. The second-order valence-corrected chi connectivity index (χ2v) is 10.5. The fraction of sp³-hybridized carbons (Fsp3) is 0.710. The van der Waals surface area contributed by atoms with Crippen LogP contribution in [0.4, 0.5) is 0 Å². The maximum Gasteiger partial charge on any atom is 0.261 e. The molecular weight excluding hydrogens is 476 g/mol. The van der Waals surface area contributed by atoms with E-state index in [4.69, 9.17) is 15.5 Å². The molecule has 214 valence electrons. The molecule has 7 heteroatoms. The van der Waals surface area contributed by atoms with Crippen molar-refractivity contribution in [1.82, 2.24) is 14.5 Å². The third-order valence-corrected chi connectivity index (χ3v) is 7.42. The predicted molar refractivity (Wildman–Crippen MR) is 157 cm³/mol. The van der Waals surface area contributed by atoms with Gasteiger partial charge in [-0.1, -0.05) is 83.3 Å². The number of aromatic nitrogens is 2. The number of amides is 1. The first kappa shape index (κ1) is 32.0. The summed E-state index contributed by atoms with van der Waals surface area (Å²) in [5.74, 6) is 0.785. The van der Waals surface area contributed by atoms with E-state index >= 15 is 0 Å². The standard InChI is InChI=1S/C31H52N4O3/c1-4-5-6-7-8-9-10-11-14-21-29(36)34(23-18-13-12-17-22-32)26(2)30-33-28-20-16-15-19-27(28)31(37)35(30)24-25-38-3/h15-16,19-20,26H,4-14,17-18,21-25,32H2,1-3H3/t26-/m1/s1. The van der Waals surface area contributed by atoms with Crippen molar-refractivity contribution < 1.29 is 9.53 Å². The number of carbonyl (C=O) groups excluding carboxylic acids is 1. The molecule has 2 rings (SSSR count). The molecule has 0 saturated carbocycles. The number of benzene rings is 1. The van der Waals surface area contributed by atoms with Crippen LogP contribution in [0.2, 0.25) is 0 Å². The number of para-hydroxylation sites is 1. The molecule has 0 radical (unpaired) electrons. The zero-order chi connectivity index (χ0) is 27.6. The predicted octanol–water partition coefficient (Wildman–Crippen LogP) is 6.37. The van der Waals surface area contributed by atoms with Crippen LogP contribution in [0.5, 0.6) is 0 Å². The van der Waals surface area contributed by atoms with Gasteiger partial charge in [-0.3, -0.25) is 14.2 Å². The van der Waals surface area contributed by atoms with E-state index in [1.807, 2.05) is 36.1 Å². The third-order valence-electron chi connectivity index (χ3n) is 7.42. The molecule has 0 aliphatic carbocycles. The van der Waals surface area contributed by atoms with E-state index in [1.54, 1.807) is 11.7 Å². The minimum absolute atomic E-state index is 0.0798. The van der Waals surface area contributed by atoms with E-state index in [2.05, 4.69) is 6.92 Å². The molecule has 0 aliphatic heterocycles. The lowest BCUT2D eigenvalue weighted by Gasteiger charge is -2.31. The number of carbonyl (C=O) groups is 1. The van der Waals surface area contributed by atoms with Crippen LogP contribution in [0.3, 0.4) is 0 Å². The van der Waals surface area contributed by atoms with Gasteiger partial charge in [-0.25, -0.2) is 4.98 Å². The Balaban J connectivity index is 2.13. The highest BCUT2D eigenvalue weighted by molar-refractivity contribution is 5.78. The Kier molecular flexibility index (Phi) is 15.9. The molecule has 1 aromatic carbocycles. The number of nitrogens with zero attached hydrogens (tertiary/aromatic N) is 3. The number of methoxy groups -OCH3 is 1. The van der Waals surface area contributed by atoms with Crippen LogP contribution in [0, 0.1) is 0 Å². The molecule has 2 aromatic rings. The maximum absolute atomic E-state index is 13.5. The molecule has 2 N–H and O–H groups in total. The first-order valence-corrected chi connectivity index (χ1v) is 15.0. The van der Waals surface area contributed by atoms with Crippen LogP contribution in [-0.4, -0.2) is 47.2 Å². The van der Waals surface area contributed by atoms with Crippen molar-refractivity contribution in [3.05, 3.63) is 40.4 Å². The van der Waals surface area contributed by atoms with Gasteiger partial charge < -0.3 is 15.4 Å². The van der Waals surface area contributed by atoms with Gasteiger partial charge in [0, 0.05) is 20.1 Å². The summed E-state index contributed by atoms with van der Waals surface area (Å²) in [6.45, 7) is 6.43. The number of nitrogens with two attached hydrogens (primary N) is 1. The van der Waals surface area contributed by atoms with E-state index in [1.165, 1.54) is 44.9 Å². The molecule has 0 saturated heterocycles. The molecule has 1 amide bonds. The van der Waals surface area contributed by atoms with Crippen LogP contribution in [0.25, 0.3) is 10.9 Å². The largest absolute Gasteiger partial charge is 0.383 e. The first-order valence-electron chi connectivity index (χ1n) is 15.0. The van der Waals surface area contributed by atoms with Crippen molar-refractivity contribution in [2.45, 2.75) is 116 Å². The van der Waals surface area contributed by atoms with Gasteiger partial charge in [-0.2, -0.15) is 0 Å². The average molecular weight is 529 g/mol. The van der Waals surface area contributed by atoms with Gasteiger partial charge in [0.05, 0.1) is 30.1 Å². The topological polar surface area (TPSA) is 90.5 Å². The van der Waals surface area contributed by atoms with Crippen LogP contribution < -0.4 is 11.3 Å². The number of hydrogen-bond donors (Lipinski definition) is 1. The smallest absolute Gasteiger partial charge is 0.261 e. The molecule has 1 atom stereocenters. The zero-order valence-corrected chi connectivity index (χ0v) is 24.3. The Morgan fingerprint density at radius 3 is 2.29 bits per heavy atom. The Morgan fingerprint density at radius 1 is 0.974 bits per heavy atom. The summed E-state index contributed by atoms with van der Waals surface area (Å²) in [6, 6.07) is 7.14. The summed E-state index contributed by atoms with van der Waals surface area (Å²) in [6.07, 6.45) is 15.6. The van der Waals surface area contributed by atoms with Crippen LogP contribution >= 0.6 is 0 Å². The second kappa shape index (κ2) is 18.9. The second-order valence-electron chi connectivity index (χ2n) is 10.5. The summed E-state index contributed by atoms with van der Waals surface area (Å²) in [5.41, 5.74) is 6.25. The summed E-state index contributed by atoms with van der Waals surface area (Å²) >= 11 is 0. The van der Waals surface area contributed by atoms with Gasteiger partial charge in [0.1, 0.15) is 5.82 Å². The highest BCUT2D eigenvalue weighted by atomic mass is 16.5. The normalized spacial score (nSPS) is 12.2. The highest BCUT2D eigenvalue weighted by Crippen LogP contribution is 2.23. The van der Waals surface area contributed by atoms with E-state index in [-0.39, 0.29) is 17.5 Å². The minimum atomic E-state index is -0.301. The summed E-state index contributed by atoms with van der Waals surface area (Å²) in [5, 5.41) is 0.592. The van der Waals surface area contributed by atoms with Crippen molar-refractivity contribution in [1.29, 1.82) is 0 Å². The first-order chi connectivity index (χ1) is 18.5. The summed E-state index contributed by atoms with van der Waals surface area (Å²) in [4.78, 5) is 33.8. The van der Waals surface area contributed by atoms with Crippen molar-refractivity contribution >= 4 is 16.8 Å². The lowest BCUT2D eigenvalue weighted by molar-refractivity contribution is -0.133. The molecule has 38 heavy (non-hydrogen) atoms. The van der Waals surface area contributed by atoms with Crippen molar-refractivity contribution in [2.75, 3.05) is 26.8 Å². The Labute approximate surface area is 230 Å². The van der Waals surface area contributed by atoms with Gasteiger partial charge in [-0.15, -0.1) is 0 Å². The number of fused-ring (bicyclic) bond motifs is 1. The SMILES string of the molecule is CCCCCCCCCCCC(=O)N(CCCCCCN)[C@H](C)c1nc2ccccc2c(=O)n1CCOC. The minimum Gasteiger partial charge on any atom is -0.383 e. The Bertz CT molecular complexity index is 991. The van der Waals surface area contributed by atoms with Gasteiger partial charge >= 0.3 is 0 Å².